The summed E-state index contributed by atoms with van der Waals surface area (Å²) in [5, 5.41) is 8.36. The smallest absolute Gasteiger partial charge is 0.0891 e. The zero-order valence-corrected chi connectivity index (χ0v) is 5.74. The molecular weight excluding hydrogens is 118 g/mol. The van der Waals surface area contributed by atoms with Crippen molar-refractivity contribution < 1.29 is 0 Å². The largest absolute Gasteiger partial charge is 0.197 e. The maximum absolute atomic E-state index is 8.26. The van der Waals surface area contributed by atoms with Crippen molar-refractivity contribution in [3.63, 3.8) is 0 Å². The van der Waals surface area contributed by atoms with Crippen LogP contribution in [0.5, 0.6) is 0 Å². The lowest BCUT2D eigenvalue weighted by Gasteiger charge is -1.94. The molecule has 0 radical (unpaired) electrons. The van der Waals surface area contributed by atoms with Crippen molar-refractivity contribution in [3.05, 3.63) is 12.7 Å². The zero-order chi connectivity index (χ0) is 6.41. The van der Waals surface area contributed by atoms with Gasteiger partial charge in [0.1, 0.15) is 0 Å². The summed E-state index contributed by atoms with van der Waals surface area (Å²) in [6, 6.07) is 2.11. The molecule has 0 N–H and O–H groups in total. The molecule has 0 amide bonds. The van der Waals surface area contributed by atoms with E-state index in [2.05, 4.69) is 12.6 Å². The van der Waals surface area contributed by atoms with Crippen molar-refractivity contribution >= 4 is 11.8 Å². The molecule has 0 heterocycles. The summed E-state index contributed by atoms with van der Waals surface area (Å²) in [6.45, 7) is 5.42. The second-order valence-electron chi connectivity index (χ2n) is 1.39. The van der Waals surface area contributed by atoms with Crippen molar-refractivity contribution in [1.29, 1.82) is 5.26 Å². The molecular formula is C6H9NS. The van der Waals surface area contributed by atoms with Gasteiger partial charge in [0.15, 0.2) is 0 Å². The van der Waals surface area contributed by atoms with Crippen LogP contribution in [-0.2, 0) is 0 Å². The van der Waals surface area contributed by atoms with Gasteiger partial charge in [-0.2, -0.15) is 5.26 Å². The molecule has 44 valence electrons. The second-order valence-corrected chi connectivity index (χ2v) is 2.77. The summed E-state index contributed by atoms with van der Waals surface area (Å²) in [5.74, 6) is 0.870. The van der Waals surface area contributed by atoms with Crippen molar-refractivity contribution in [1.82, 2.24) is 0 Å². The Morgan fingerprint density at radius 1 is 2.00 bits per heavy atom. The van der Waals surface area contributed by atoms with Crippen LogP contribution in [0.2, 0.25) is 0 Å². The van der Waals surface area contributed by atoms with Crippen LogP contribution in [0, 0.1) is 11.3 Å². The van der Waals surface area contributed by atoms with Crippen molar-refractivity contribution in [2.75, 3.05) is 5.75 Å². The molecule has 1 atom stereocenters. The molecule has 0 aromatic carbocycles. The quantitative estimate of drug-likeness (QED) is 0.540. The highest BCUT2D eigenvalue weighted by Crippen LogP contribution is 2.07. The van der Waals surface area contributed by atoms with Crippen LogP contribution in [0.3, 0.4) is 0 Å². The monoisotopic (exact) mass is 127 g/mol. The average molecular weight is 127 g/mol. The Hall–Kier alpha value is -0.420. The van der Waals surface area contributed by atoms with Gasteiger partial charge in [0.2, 0.25) is 0 Å². The molecule has 0 aromatic rings. The molecule has 0 rings (SSSR count). The van der Waals surface area contributed by atoms with Gasteiger partial charge in [-0.25, -0.2) is 0 Å². The lowest BCUT2D eigenvalue weighted by Crippen LogP contribution is -1.89. The fourth-order valence-electron chi connectivity index (χ4n) is 0.250. The predicted octanol–water partition coefficient (Wildman–Crippen LogP) is 1.82. The molecule has 0 saturated heterocycles. The summed E-state index contributed by atoms with van der Waals surface area (Å²) in [4.78, 5) is 0. The van der Waals surface area contributed by atoms with Crippen molar-refractivity contribution in [2.24, 2.45) is 0 Å². The summed E-state index contributed by atoms with van der Waals surface area (Å²) < 4.78 is 0. The minimum absolute atomic E-state index is 0.105. The molecule has 8 heavy (non-hydrogen) atoms. The molecule has 0 saturated carbocycles. The molecule has 0 aliphatic carbocycles. The van der Waals surface area contributed by atoms with E-state index in [0.717, 1.165) is 5.75 Å². The topological polar surface area (TPSA) is 23.8 Å². The van der Waals surface area contributed by atoms with E-state index in [0.29, 0.717) is 0 Å². The first-order valence-electron chi connectivity index (χ1n) is 2.43. The van der Waals surface area contributed by atoms with E-state index >= 15 is 0 Å². The molecule has 0 bridgehead atoms. The number of hydrogen-bond donors (Lipinski definition) is 0. The summed E-state index contributed by atoms with van der Waals surface area (Å²) in [5.41, 5.74) is 0. The first kappa shape index (κ1) is 7.58. The van der Waals surface area contributed by atoms with E-state index in [9.17, 15) is 0 Å². The normalized spacial score (nSPS) is 12.0. The standard InChI is InChI=1S/C6H9NS/c1-3-4-8-6(2)5-7/h3,6H,1,4H2,2H3. The Morgan fingerprint density at radius 3 is 3.00 bits per heavy atom. The van der Waals surface area contributed by atoms with Gasteiger partial charge in [-0.1, -0.05) is 6.08 Å². The van der Waals surface area contributed by atoms with E-state index in [1.165, 1.54) is 0 Å². The van der Waals surface area contributed by atoms with E-state index < -0.39 is 0 Å². The van der Waals surface area contributed by atoms with E-state index in [-0.39, 0.29) is 5.25 Å². The summed E-state index contributed by atoms with van der Waals surface area (Å²) in [7, 11) is 0. The predicted molar refractivity (Wildman–Crippen MR) is 37.7 cm³/mol. The first-order chi connectivity index (χ1) is 3.81. The lowest BCUT2D eigenvalue weighted by atomic mass is 10.5. The van der Waals surface area contributed by atoms with Crippen molar-refractivity contribution in [3.8, 4) is 6.07 Å². The van der Waals surface area contributed by atoms with Gasteiger partial charge in [-0.3, -0.25) is 0 Å². The lowest BCUT2D eigenvalue weighted by molar-refractivity contribution is 1.24. The van der Waals surface area contributed by atoms with Gasteiger partial charge in [0.25, 0.3) is 0 Å². The molecule has 0 fully saturated rings. The van der Waals surface area contributed by atoms with Gasteiger partial charge in [0, 0.05) is 5.75 Å². The van der Waals surface area contributed by atoms with Crippen molar-refractivity contribution in [2.45, 2.75) is 12.2 Å². The number of thioether (sulfide) groups is 1. The average Bonchev–Trinajstić information content (AvgIpc) is 1.83. The van der Waals surface area contributed by atoms with Crippen LogP contribution in [-0.4, -0.2) is 11.0 Å². The third-order valence-electron chi connectivity index (χ3n) is 0.646. The summed E-state index contributed by atoms with van der Waals surface area (Å²) >= 11 is 1.60. The molecule has 1 nitrogen and oxygen atoms in total. The number of hydrogen-bond acceptors (Lipinski definition) is 2. The Labute approximate surface area is 54.4 Å². The van der Waals surface area contributed by atoms with Crippen LogP contribution < -0.4 is 0 Å². The van der Waals surface area contributed by atoms with Crippen LogP contribution in [0.4, 0.5) is 0 Å². The van der Waals surface area contributed by atoms with E-state index in [1.54, 1.807) is 17.8 Å². The molecule has 1 unspecified atom stereocenters. The van der Waals surface area contributed by atoms with Gasteiger partial charge in [-0.15, -0.1) is 18.3 Å². The molecule has 0 spiro atoms. The van der Waals surface area contributed by atoms with Crippen LogP contribution in [0.15, 0.2) is 12.7 Å². The second kappa shape index (κ2) is 4.73. The highest BCUT2D eigenvalue weighted by molar-refractivity contribution is 8.00. The molecule has 0 aromatic heterocycles. The summed E-state index contributed by atoms with van der Waals surface area (Å²) in [6.07, 6.45) is 1.80. The van der Waals surface area contributed by atoms with Gasteiger partial charge < -0.3 is 0 Å². The van der Waals surface area contributed by atoms with Gasteiger partial charge in [0.05, 0.1) is 11.3 Å². The van der Waals surface area contributed by atoms with E-state index in [4.69, 9.17) is 5.26 Å². The van der Waals surface area contributed by atoms with E-state index in [1.807, 2.05) is 6.92 Å². The van der Waals surface area contributed by atoms with Crippen LogP contribution >= 0.6 is 11.8 Å². The molecule has 2 heteroatoms. The Bertz CT molecular complexity index is 104. The third-order valence-corrected chi connectivity index (χ3v) is 1.68. The number of nitriles is 1. The fraction of sp³-hybridized carbons (Fsp3) is 0.500. The van der Waals surface area contributed by atoms with Crippen LogP contribution in [0.25, 0.3) is 0 Å². The fourth-order valence-corrected chi connectivity index (χ4v) is 0.749. The van der Waals surface area contributed by atoms with Gasteiger partial charge >= 0.3 is 0 Å². The highest BCUT2D eigenvalue weighted by Gasteiger charge is 1.94. The zero-order valence-electron chi connectivity index (χ0n) is 4.92. The minimum Gasteiger partial charge on any atom is -0.197 e. The maximum atomic E-state index is 8.26. The minimum atomic E-state index is 0.105. The Morgan fingerprint density at radius 2 is 2.62 bits per heavy atom. The SMILES string of the molecule is C=CCSC(C)C#N. The molecule has 0 aliphatic rings. The Balaban J connectivity index is 3.14. The molecule has 0 aliphatic heterocycles. The van der Waals surface area contributed by atoms with Gasteiger partial charge in [-0.05, 0) is 6.92 Å². The third kappa shape index (κ3) is 3.76. The highest BCUT2D eigenvalue weighted by atomic mass is 32.2. The Kier molecular flexibility index (Phi) is 4.48. The maximum Gasteiger partial charge on any atom is 0.0891 e. The first-order valence-corrected chi connectivity index (χ1v) is 3.48. The number of nitrogens with zero attached hydrogens (tertiary/aromatic N) is 1. The number of rotatable bonds is 3. The van der Waals surface area contributed by atoms with Crippen LogP contribution in [0.1, 0.15) is 6.92 Å².